The van der Waals surface area contributed by atoms with Gasteiger partial charge in [-0.2, -0.15) is 8.78 Å². The van der Waals surface area contributed by atoms with Gasteiger partial charge >= 0.3 is 6.61 Å². The first-order valence-corrected chi connectivity index (χ1v) is 7.02. The van der Waals surface area contributed by atoms with E-state index in [0.29, 0.717) is 11.4 Å². The number of hydrogen-bond acceptors (Lipinski definition) is 4. The van der Waals surface area contributed by atoms with E-state index >= 15 is 0 Å². The minimum absolute atomic E-state index is 0.123. The van der Waals surface area contributed by atoms with Crippen LogP contribution in [0, 0.1) is 0 Å². The van der Waals surface area contributed by atoms with Gasteiger partial charge in [-0.25, -0.2) is 0 Å². The molecule has 0 amide bonds. The van der Waals surface area contributed by atoms with Crippen LogP contribution < -0.4 is 14.8 Å². The lowest BCUT2D eigenvalue weighted by molar-refractivity contribution is -0.0498. The maximum absolute atomic E-state index is 12.5. The number of benzene rings is 1. The normalized spacial score (nSPS) is 25.7. The van der Waals surface area contributed by atoms with Crippen LogP contribution in [0.5, 0.6) is 11.5 Å². The van der Waals surface area contributed by atoms with Crippen LogP contribution >= 0.6 is 0 Å². The quantitative estimate of drug-likeness (QED) is 0.901. The third-order valence-corrected chi connectivity index (χ3v) is 3.46. The van der Waals surface area contributed by atoms with Crippen molar-refractivity contribution in [3.05, 3.63) is 18.2 Å². The number of alkyl halides is 2. The van der Waals surface area contributed by atoms with Gasteiger partial charge in [0.1, 0.15) is 11.5 Å². The third kappa shape index (κ3) is 4.46. The van der Waals surface area contributed by atoms with Crippen LogP contribution in [-0.4, -0.2) is 32.0 Å². The van der Waals surface area contributed by atoms with Crippen molar-refractivity contribution in [1.82, 2.24) is 0 Å². The van der Waals surface area contributed by atoms with Crippen molar-refractivity contribution < 1.29 is 23.0 Å². The maximum Gasteiger partial charge on any atom is 0.387 e. The number of methoxy groups -OCH3 is 1. The predicted octanol–water partition coefficient (Wildman–Crippen LogP) is 3.66. The Hall–Kier alpha value is -1.56. The van der Waals surface area contributed by atoms with Crippen molar-refractivity contribution >= 4 is 5.69 Å². The summed E-state index contributed by atoms with van der Waals surface area (Å²) in [7, 11) is 1.53. The van der Waals surface area contributed by atoms with Gasteiger partial charge in [0.05, 0.1) is 25.0 Å². The zero-order valence-electron chi connectivity index (χ0n) is 12.4. The molecule has 1 aromatic carbocycles. The summed E-state index contributed by atoms with van der Waals surface area (Å²) < 4.78 is 40.3. The van der Waals surface area contributed by atoms with Crippen LogP contribution in [0.2, 0.25) is 0 Å². The third-order valence-electron chi connectivity index (χ3n) is 3.46. The van der Waals surface area contributed by atoms with E-state index in [1.165, 1.54) is 13.2 Å². The minimum atomic E-state index is -2.86. The van der Waals surface area contributed by atoms with Crippen LogP contribution in [0.15, 0.2) is 18.2 Å². The zero-order valence-corrected chi connectivity index (χ0v) is 12.4. The summed E-state index contributed by atoms with van der Waals surface area (Å²) in [5.74, 6) is 0.713. The molecular formula is C15H21F2NO3. The first-order valence-electron chi connectivity index (χ1n) is 7.02. The molecule has 2 atom stereocenters. The van der Waals surface area contributed by atoms with Gasteiger partial charge in [-0.3, -0.25) is 0 Å². The molecule has 1 saturated heterocycles. The van der Waals surface area contributed by atoms with Crippen molar-refractivity contribution in [2.45, 2.75) is 51.6 Å². The summed E-state index contributed by atoms with van der Waals surface area (Å²) in [5, 5.41) is 3.27. The average molecular weight is 301 g/mol. The molecule has 0 radical (unpaired) electrons. The van der Waals surface area contributed by atoms with E-state index in [-0.39, 0.29) is 24.0 Å². The van der Waals surface area contributed by atoms with Gasteiger partial charge in [0, 0.05) is 12.1 Å². The molecule has 118 valence electrons. The molecule has 4 nitrogen and oxygen atoms in total. The van der Waals surface area contributed by atoms with Gasteiger partial charge in [-0.05, 0) is 38.8 Å². The van der Waals surface area contributed by atoms with Gasteiger partial charge in [0.2, 0.25) is 0 Å². The Labute approximate surface area is 123 Å². The largest absolute Gasteiger partial charge is 0.497 e. The van der Waals surface area contributed by atoms with Crippen LogP contribution in [0.3, 0.4) is 0 Å². The maximum atomic E-state index is 12.5. The molecule has 1 aliphatic heterocycles. The van der Waals surface area contributed by atoms with Crippen molar-refractivity contribution in [3.8, 4) is 11.5 Å². The molecule has 0 aromatic heterocycles. The molecular weight excluding hydrogens is 280 g/mol. The molecule has 1 N–H and O–H groups in total. The van der Waals surface area contributed by atoms with E-state index in [4.69, 9.17) is 9.47 Å². The number of ether oxygens (including phenoxy) is 3. The molecule has 0 bridgehead atoms. The lowest BCUT2D eigenvalue weighted by atomic mass is 9.99. The summed E-state index contributed by atoms with van der Waals surface area (Å²) >= 11 is 0. The molecule has 1 aromatic rings. The van der Waals surface area contributed by atoms with E-state index < -0.39 is 6.61 Å². The number of rotatable bonds is 5. The molecule has 6 heteroatoms. The smallest absolute Gasteiger partial charge is 0.387 e. The molecule has 0 saturated carbocycles. The van der Waals surface area contributed by atoms with Crippen molar-refractivity contribution in [1.29, 1.82) is 0 Å². The molecule has 1 aliphatic rings. The fraction of sp³-hybridized carbons (Fsp3) is 0.600. The number of nitrogens with one attached hydrogen (secondary N) is 1. The van der Waals surface area contributed by atoms with Crippen molar-refractivity contribution in [2.24, 2.45) is 0 Å². The summed E-state index contributed by atoms with van der Waals surface area (Å²) in [6.45, 7) is 1.16. The highest BCUT2D eigenvalue weighted by atomic mass is 19.3. The molecule has 0 spiro atoms. The second kappa shape index (κ2) is 6.93. The Morgan fingerprint density at radius 1 is 1.24 bits per heavy atom. The van der Waals surface area contributed by atoms with E-state index in [1.54, 1.807) is 12.1 Å². The number of hydrogen-bond donors (Lipinski definition) is 1. The van der Waals surface area contributed by atoms with Crippen LogP contribution in [-0.2, 0) is 4.74 Å². The van der Waals surface area contributed by atoms with E-state index in [9.17, 15) is 8.78 Å². The summed E-state index contributed by atoms with van der Waals surface area (Å²) in [6, 6.07) is 4.90. The summed E-state index contributed by atoms with van der Waals surface area (Å²) in [4.78, 5) is 0. The lowest BCUT2D eigenvalue weighted by Gasteiger charge is -2.33. The molecule has 1 heterocycles. The second-order valence-corrected chi connectivity index (χ2v) is 5.31. The van der Waals surface area contributed by atoms with E-state index in [0.717, 1.165) is 12.8 Å². The Balaban J connectivity index is 2.16. The Morgan fingerprint density at radius 2 is 1.90 bits per heavy atom. The number of halogens is 2. The SMILES string of the molecule is COc1ccc(OC(F)F)c(NC2CC(C)OC(C)C2)c1. The van der Waals surface area contributed by atoms with Gasteiger partial charge in [0.25, 0.3) is 0 Å². The standard InChI is InChI=1S/C15H21F2NO3/c1-9-6-11(7-10(2)20-9)18-13-8-12(19-3)4-5-14(13)21-15(16)17/h4-5,8-11,15,18H,6-7H2,1-3H3. The monoisotopic (exact) mass is 301 g/mol. The first kappa shape index (κ1) is 15.8. The minimum Gasteiger partial charge on any atom is -0.497 e. The summed E-state index contributed by atoms with van der Waals surface area (Å²) in [6.07, 6.45) is 1.90. The zero-order chi connectivity index (χ0) is 15.4. The topological polar surface area (TPSA) is 39.7 Å². The Kier molecular flexibility index (Phi) is 5.22. The second-order valence-electron chi connectivity index (χ2n) is 5.31. The Morgan fingerprint density at radius 3 is 2.48 bits per heavy atom. The Bertz CT molecular complexity index is 460. The molecule has 2 rings (SSSR count). The first-order chi connectivity index (χ1) is 9.97. The highest BCUT2D eigenvalue weighted by molar-refractivity contribution is 5.60. The van der Waals surface area contributed by atoms with Gasteiger partial charge in [-0.1, -0.05) is 0 Å². The molecule has 0 aliphatic carbocycles. The molecule has 1 fully saturated rings. The summed E-state index contributed by atoms with van der Waals surface area (Å²) in [5.41, 5.74) is 0.515. The van der Waals surface area contributed by atoms with E-state index in [1.807, 2.05) is 13.8 Å². The predicted molar refractivity (Wildman–Crippen MR) is 76.3 cm³/mol. The van der Waals surface area contributed by atoms with Gasteiger partial charge in [0.15, 0.2) is 0 Å². The highest BCUT2D eigenvalue weighted by Gasteiger charge is 2.25. The van der Waals surface area contributed by atoms with Crippen LogP contribution in [0.4, 0.5) is 14.5 Å². The number of anilines is 1. The van der Waals surface area contributed by atoms with Gasteiger partial charge < -0.3 is 19.5 Å². The van der Waals surface area contributed by atoms with Crippen molar-refractivity contribution in [2.75, 3.05) is 12.4 Å². The van der Waals surface area contributed by atoms with Crippen molar-refractivity contribution in [3.63, 3.8) is 0 Å². The van der Waals surface area contributed by atoms with Crippen LogP contribution in [0.1, 0.15) is 26.7 Å². The molecule has 2 unspecified atom stereocenters. The van der Waals surface area contributed by atoms with Crippen LogP contribution in [0.25, 0.3) is 0 Å². The highest BCUT2D eigenvalue weighted by Crippen LogP contribution is 2.33. The average Bonchev–Trinajstić information content (AvgIpc) is 2.39. The lowest BCUT2D eigenvalue weighted by Crippen LogP contribution is -2.37. The van der Waals surface area contributed by atoms with Gasteiger partial charge in [-0.15, -0.1) is 0 Å². The molecule has 21 heavy (non-hydrogen) atoms. The fourth-order valence-corrected chi connectivity index (χ4v) is 2.69. The fourth-order valence-electron chi connectivity index (χ4n) is 2.69. The van der Waals surface area contributed by atoms with E-state index in [2.05, 4.69) is 10.1 Å².